The Morgan fingerprint density at radius 1 is 1.17 bits per heavy atom. The molecule has 2 rings (SSSR count). The van der Waals surface area contributed by atoms with E-state index >= 15 is 0 Å². The van der Waals surface area contributed by atoms with Crippen LogP contribution in [0.1, 0.15) is 47.5 Å². The average molecular weight is 408 g/mol. The molecule has 0 amide bonds. The minimum absolute atomic E-state index is 0.357. The van der Waals surface area contributed by atoms with Gasteiger partial charge in [0.1, 0.15) is 0 Å². The molecular formula is C21H36SiZr. The second-order valence-electron chi connectivity index (χ2n) is 9.00. The van der Waals surface area contributed by atoms with E-state index in [1.54, 1.807) is 16.7 Å². The molecule has 2 unspecified atom stereocenters. The first-order chi connectivity index (χ1) is 10.5. The molecule has 128 valence electrons. The zero-order valence-electron chi connectivity index (χ0n) is 16.8. The molecule has 0 N–H and O–H groups in total. The Hall–Kier alpha value is 0.0600. The van der Waals surface area contributed by atoms with Gasteiger partial charge >= 0.3 is 150 Å². The van der Waals surface area contributed by atoms with Gasteiger partial charge in [-0.25, -0.2) is 0 Å². The molecule has 0 aromatic rings. The molecule has 0 aromatic heterocycles. The zero-order valence-corrected chi connectivity index (χ0v) is 20.3. The van der Waals surface area contributed by atoms with Gasteiger partial charge in [0.2, 0.25) is 0 Å². The molecule has 0 bridgehead atoms. The van der Waals surface area contributed by atoms with E-state index in [0.29, 0.717) is 5.04 Å². The van der Waals surface area contributed by atoms with Gasteiger partial charge < -0.3 is 0 Å². The number of rotatable bonds is 5. The van der Waals surface area contributed by atoms with E-state index in [4.69, 9.17) is 0 Å². The van der Waals surface area contributed by atoms with Crippen LogP contribution in [0.25, 0.3) is 0 Å². The molecular weight excluding hydrogens is 372 g/mol. The summed E-state index contributed by atoms with van der Waals surface area (Å²) >= 11 is -2.30. The summed E-state index contributed by atoms with van der Waals surface area (Å²) in [6.45, 7) is 17.3. The van der Waals surface area contributed by atoms with Gasteiger partial charge in [0, 0.05) is 0 Å². The molecule has 23 heavy (non-hydrogen) atoms. The van der Waals surface area contributed by atoms with Crippen LogP contribution in [-0.4, -0.2) is 5.20 Å². The Kier molecular flexibility index (Phi) is 5.41. The number of hydrogen-bond donors (Lipinski definition) is 0. The summed E-state index contributed by atoms with van der Waals surface area (Å²) < 4.78 is 6.26. The average Bonchev–Trinajstić information content (AvgIpc) is 3.01. The summed E-state index contributed by atoms with van der Waals surface area (Å²) in [5.41, 5.74) is 6.34. The van der Waals surface area contributed by atoms with E-state index in [9.17, 15) is 0 Å². The van der Waals surface area contributed by atoms with Crippen LogP contribution < -0.4 is 0 Å². The van der Waals surface area contributed by atoms with Crippen molar-refractivity contribution in [2.75, 3.05) is 0 Å². The maximum absolute atomic E-state index is 2.73. The molecule has 0 nitrogen and oxygen atoms in total. The van der Waals surface area contributed by atoms with Gasteiger partial charge in [0.15, 0.2) is 0 Å². The fourth-order valence-electron chi connectivity index (χ4n) is 4.54. The van der Waals surface area contributed by atoms with E-state index in [1.165, 1.54) is 18.4 Å². The van der Waals surface area contributed by atoms with Gasteiger partial charge in [-0.1, -0.05) is 0 Å². The first kappa shape index (κ1) is 19.4. The Bertz CT molecular complexity index is 616. The fourth-order valence-corrected chi connectivity index (χ4v) is 30.4. The van der Waals surface area contributed by atoms with Crippen LogP contribution >= 0.6 is 0 Å². The Morgan fingerprint density at radius 2 is 1.78 bits per heavy atom. The minimum atomic E-state index is -2.30. The van der Waals surface area contributed by atoms with Gasteiger partial charge in [-0.2, -0.15) is 0 Å². The summed E-state index contributed by atoms with van der Waals surface area (Å²) in [5, 5.41) is -1.05. The third kappa shape index (κ3) is 2.93. The fraction of sp³-hybridized carbons (Fsp3) is 0.619. The third-order valence-electron chi connectivity index (χ3n) is 7.63. The molecule has 2 aliphatic carbocycles. The van der Waals surface area contributed by atoms with E-state index in [1.807, 2.05) is 0 Å². The van der Waals surface area contributed by atoms with Crippen LogP contribution in [0.4, 0.5) is 0 Å². The molecule has 0 saturated carbocycles. The van der Waals surface area contributed by atoms with E-state index < -0.39 is 24.6 Å². The van der Waals surface area contributed by atoms with Crippen molar-refractivity contribution in [3.8, 4) is 0 Å². The first-order valence-electron chi connectivity index (χ1n) is 9.25. The summed E-state index contributed by atoms with van der Waals surface area (Å²) in [5.74, 6) is 0. The van der Waals surface area contributed by atoms with Crippen LogP contribution in [0.3, 0.4) is 0 Å². The standard InChI is InChI=1S/C11H19Si.C8H11.2CH3.Zr/c1-8-7-11(4,12(5)6)10(3)9(8)2;1-2-5-8-6-3-4-7-8;;;/h7H,1-6H3;3-4,6-7H,2,5H2,1H3;2*1H3;. The predicted octanol–water partition coefficient (Wildman–Crippen LogP) is 7.58. The van der Waals surface area contributed by atoms with Crippen molar-refractivity contribution in [2.24, 2.45) is 0 Å². The molecule has 0 heterocycles. The van der Waals surface area contributed by atoms with Crippen molar-refractivity contribution in [3.63, 3.8) is 0 Å². The summed E-state index contributed by atoms with van der Waals surface area (Å²) in [4.78, 5) is 0. The van der Waals surface area contributed by atoms with Crippen molar-refractivity contribution < 1.29 is 19.4 Å². The van der Waals surface area contributed by atoms with Crippen molar-refractivity contribution in [1.82, 2.24) is 0 Å². The Morgan fingerprint density at radius 3 is 2.26 bits per heavy atom. The van der Waals surface area contributed by atoms with Crippen LogP contribution in [0.5, 0.6) is 0 Å². The molecule has 0 fully saturated rings. The van der Waals surface area contributed by atoms with Crippen LogP contribution in [-0.2, 0) is 19.4 Å². The van der Waals surface area contributed by atoms with Crippen LogP contribution in [0.15, 0.2) is 46.6 Å². The summed E-state index contributed by atoms with van der Waals surface area (Å²) in [6, 6.07) is 0. The zero-order chi connectivity index (χ0) is 17.6. The van der Waals surface area contributed by atoms with Gasteiger partial charge in [-0.15, -0.1) is 0 Å². The summed E-state index contributed by atoms with van der Waals surface area (Å²) in [7, 11) is 0. The molecule has 0 aromatic carbocycles. The van der Waals surface area contributed by atoms with Crippen LogP contribution in [0, 0.1) is 0 Å². The SMILES string of the molecule is CCCC1=C[CH]([Zr]([CH3])([CH3])[Si](C)(C)C2(C)C=C(C)C(C)=C2C)C=C1. The number of allylic oxidation sites excluding steroid dienone is 8. The van der Waals surface area contributed by atoms with Crippen molar-refractivity contribution in [2.45, 2.75) is 78.5 Å². The third-order valence-corrected chi connectivity index (χ3v) is 48.5. The van der Waals surface area contributed by atoms with Gasteiger partial charge in [0.25, 0.3) is 0 Å². The van der Waals surface area contributed by atoms with Gasteiger partial charge in [-0.3, -0.25) is 0 Å². The van der Waals surface area contributed by atoms with Crippen LogP contribution in [0.2, 0.25) is 31.0 Å². The normalized spacial score (nSPS) is 28.5. The second-order valence-corrected chi connectivity index (χ2v) is 40.2. The van der Waals surface area contributed by atoms with E-state index in [-0.39, 0.29) is 0 Å². The molecule has 2 heteroatoms. The van der Waals surface area contributed by atoms with E-state index in [0.717, 1.165) is 3.63 Å². The quantitative estimate of drug-likeness (QED) is 0.412. The van der Waals surface area contributed by atoms with Crippen molar-refractivity contribution >= 4 is 5.20 Å². The number of hydrogen-bond acceptors (Lipinski definition) is 0. The van der Waals surface area contributed by atoms with Crippen molar-refractivity contribution in [1.29, 1.82) is 0 Å². The topological polar surface area (TPSA) is 0 Å². The first-order valence-corrected chi connectivity index (χ1v) is 22.3. The Labute approximate surface area is 149 Å². The van der Waals surface area contributed by atoms with E-state index in [2.05, 4.69) is 81.3 Å². The molecule has 2 aliphatic rings. The summed E-state index contributed by atoms with van der Waals surface area (Å²) in [6.07, 6.45) is 12.8. The second kappa shape index (κ2) is 6.41. The molecule has 2 atom stereocenters. The molecule has 0 saturated heterocycles. The van der Waals surface area contributed by atoms with Crippen molar-refractivity contribution in [3.05, 3.63) is 46.6 Å². The maximum atomic E-state index is 2.73. The monoisotopic (exact) mass is 406 g/mol. The van der Waals surface area contributed by atoms with Gasteiger partial charge in [-0.05, 0) is 0 Å². The predicted molar refractivity (Wildman–Crippen MR) is 106 cm³/mol. The molecule has 0 aliphatic heterocycles. The molecule has 0 spiro atoms. The molecule has 0 radical (unpaired) electrons. The van der Waals surface area contributed by atoms with Gasteiger partial charge in [0.05, 0.1) is 0 Å². The Balaban J connectivity index is 2.42.